The minimum Gasteiger partial charge on any atom is -0.381 e. The Balaban J connectivity index is 1.40. The van der Waals surface area contributed by atoms with Crippen LogP contribution in [0.2, 0.25) is 0 Å². The fraction of sp³-hybridized carbons (Fsp3) is 0.591. The van der Waals surface area contributed by atoms with Gasteiger partial charge < -0.3 is 15.0 Å². The van der Waals surface area contributed by atoms with E-state index in [2.05, 4.69) is 15.2 Å². The van der Waals surface area contributed by atoms with Gasteiger partial charge >= 0.3 is 0 Å². The van der Waals surface area contributed by atoms with Gasteiger partial charge in [0.15, 0.2) is 0 Å². The van der Waals surface area contributed by atoms with Crippen LogP contribution in [0.4, 0.5) is 0 Å². The van der Waals surface area contributed by atoms with Crippen LogP contribution in [-0.4, -0.2) is 86.2 Å². The third-order valence-electron chi connectivity index (χ3n) is 6.43. The lowest BCUT2D eigenvalue weighted by atomic mass is 9.99. The first-order valence-electron chi connectivity index (χ1n) is 11.1. The van der Waals surface area contributed by atoms with Crippen molar-refractivity contribution >= 4 is 26.8 Å². The second-order valence-corrected chi connectivity index (χ2v) is 10.5. The van der Waals surface area contributed by atoms with Crippen LogP contribution in [-0.2, 0) is 14.8 Å². The lowest BCUT2D eigenvalue weighted by molar-refractivity contribution is 0.00673. The maximum Gasteiger partial charge on any atom is 0.251 e. The minimum absolute atomic E-state index is 0.0927. The van der Waals surface area contributed by atoms with Crippen molar-refractivity contribution < 1.29 is 17.9 Å². The van der Waals surface area contributed by atoms with Crippen LogP contribution in [0, 0.1) is 0 Å². The predicted molar refractivity (Wildman–Crippen MR) is 121 cm³/mol. The molecule has 0 spiro atoms. The van der Waals surface area contributed by atoms with E-state index in [9.17, 15) is 13.2 Å². The molecule has 1 unspecified atom stereocenters. The maximum absolute atomic E-state index is 12.7. The summed E-state index contributed by atoms with van der Waals surface area (Å²) in [6, 6.07) is 8.15. The summed E-state index contributed by atoms with van der Waals surface area (Å²) in [5, 5.41) is 4.13. The van der Waals surface area contributed by atoms with Gasteiger partial charge in [-0.1, -0.05) is 6.07 Å². The number of aromatic nitrogens is 1. The quantitative estimate of drug-likeness (QED) is 0.674. The molecule has 1 atom stereocenters. The largest absolute Gasteiger partial charge is 0.381 e. The number of nitrogens with zero attached hydrogens (tertiary/aromatic N) is 2. The van der Waals surface area contributed by atoms with E-state index in [0.29, 0.717) is 37.8 Å². The number of fused-ring (bicyclic) bond motifs is 1. The molecule has 2 aromatic rings. The van der Waals surface area contributed by atoms with Crippen molar-refractivity contribution in [2.24, 2.45) is 0 Å². The molecule has 0 bridgehead atoms. The zero-order valence-corrected chi connectivity index (χ0v) is 18.9. The maximum atomic E-state index is 12.7. The van der Waals surface area contributed by atoms with Crippen LogP contribution in [0.3, 0.4) is 0 Å². The monoisotopic (exact) mass is 448 g/mol. The molecule has 8 nitrogen and oxygen atoms in total. The van der Waals surface area contributed by atoms with E-state index in [1.165, 1.54) is 6.26 Å². The number of carbonyl (C=O) groups excluding carboxylic acids is 1. The summed E-state index contributed by atoms with van der Waals surface area (Å²) >= 11 is 0. The fourth-order valence-corrected chi connectivity index (χ4v) is 5.67. The lowest BCUT2D eigenvalue weighted by Crippen LogP contribution is -2.55. The summed E-state index contributed by atoms with van der Waals surface area (Å²) < 4.78 is 31.3. The molecular weight excluding hydrogens is 416 g/mol. The number of hydrogen-bond acceptors (Lipinski definition) is 5. The Morgan fingerprint density at radius 3 is 2.81 bits per heavy atom. The minimum atomic E-state index is -3.20. The van der Waals surface area contributed by atoms with Gasteiger partial charge in [-0.25, -0.2) is 12.7 Å². The van der Waals surface area contributed by atoms with Gasteiger partial charge in [0.2, 0.25) is 10.0 Å². The number of sulfonamides is 1. The SMILES string of the molecule is CS(=O)(=O)N1CCCC(N(CCNC(=O)c2ccc3cc[nH]c3c2)C2CCOCC2)C1. The van der Waals surface area contributed by atoms with Crippen LogP contribution in [0.15, 0.2) is 30.5 Å². The third-order valence-corrected chi connectivity index (χ3v) is 7.70. The Morgan fingerprint density at radius 2 is 2.03 bits per heavy atom. The standard InChI is InChI=1S/C22H32N4O4S/c1-31(28,29)25-11-2-3-20(16-25)26(19-7-13-30-14-8-19)12-10-24-22(27)18-5-4-17-6-9-23-21(17)15-18/h4-6,9,15,19-20,23H,2-3,7-8,10-14,16H2,1H3,(H,24,27). The molecular formula is C22H32N4O4S. The fourth-order valence-electron chi connectivity index (χ4n) is 4.76. The molecule has 2 N–H and O–H groups in total. The van der Waals surface area contributed by atoms with Gasteiger partial charge in [0.05, 0.1) is 6.26 Å². The third kappa shape index (κ3) is 5.46. The Kier molecular flexibility index (Phi) is 6.95. The number of ether oxygens (including phenoxy) is 1. The normalized spacial score (nSPS) is 21.5. The first-order valence-corrected chi connectivity index (χ1v) is 12.9. The van der Waals surface area contributed by atoms with Crippen molar-refractivity contribution in [3.63, 3.8) is 0 Å². The Labute approximate surface area is 184 Å². The number of benzene rings is 1. The number of amides is 1. The second kappa shape index (κ2) is 9.68. The molecule has 0 radical (unpaired) electrons. The highest BCUT2D eigenvalue weighted by Gasteiger charge is 2.33. The van der Waals surface area contributed by atoms with E-state index >= 15 is 0 Å². The number of piperidine rings is 1. The van der Waals surface area contributed by atoms with Crippen LogP contribution >= 0.6 is 0 Å². The van der Waals surface area contributed by atoms with Gasteiger partial charge in [0.1, 0.15) is 0 Å². The Hall–Kier alpha value is -1.94. The lowest BCUT2D eigenvalue weighted by Gasteiger charge is -2.43. The van der Waals surface area contributed by atoms with Crippen molar-refractivity contribution in [2.75, 3.05) is 45.6 Å². The van der Waals surface area contributed by atoms with E-state index in [-0.39, 0.29) is 11.9 Å². The van der Waals surface area contributed by atoms with Crippen molar-refractivity contribution in [1.29, 1.82) is 0 Å². The van der Waals surface area contributed by atoms with Gasteiger partial charge in [-0.2, -0.15) is 0 Å². The molecule has 31 heavy (non-hydrogen) atoms. The van der Waals surface area contributed by atoms with E-state index < -0.39 is 10.0 Å². The van der Waals surface area contributed by atoms with Crippen LogP contribution < -0.4 is 5.32 Å². The van der Waals surface area contributed by atoms with Crippen LogP contribution in [0.5, 0.6) is 0 Å². The van der Waals surface area contributed by atoms with Gasteiger partial charge in [-0.05, 0) is 49.3 Å². The molecule has 3 heterocycles. The topological polar surface area (TPSA) is 94.7 Å². The van der Waals surface area contributed by atoms with Crippen LogP contribution in [0.25, 0.3) is 10.9 Å². The summed E-state index contributed by atoms with van der Waals surface area (Å²) in [6.45, 7) is 3.79. The average Bonchev–Trinajstić information content (AvgIpc) is 3.24. The number of hydrogen-bond donors (Lipinski definition) is 2. The molecule has 1 amide bonds. The molecule has 0 saturated carbocycles. The van der Waals surface area contributed by atoms with Crippen LogP contribution in [0.1, 0.15) is 36.0 Å². The van der Waals surface area contributed by atoms with E-state index in [4.69, 9.17) is 4.74 Å². The van der Waals surface area contributed by atoms with Crippen molar-refractivity contribution in [3.05, 3.63) is 36.0 Å². The smallest absolute Gasteiger partial charge is 0.251 e. The molecule has 1 aromatic carbocycles. The highest BCUT2D eigenvalue weighted by Crippen LogP contribution is 2.24. The van der Waals surface area contributed by atoms with E-state index in [1.54, 1.807) is 4.31 Å². The second-order valence-electron chi connectivity index (χ2n) is 8.53. The summed E-state index contributed by atoms with van der Waals surface area (Å²) in [4.78, 5) is 18.2. The molecule has 170 valence electrons. The number of carbonyl (C=O) groups is 1. The summed E-state index contributed by atoms with van der Waals surface area (Å²) in [7, 11) is -3.20. The summed E-state index contributed by atoms with van der Waals surface area (Å²) in [5.41, 5.74) is 1.58. The first-order chi connectivity index (χ1) is 14.9. The zero-order chi connectivity index (χ0) is 21.8. The van der Waals surface area contributed by atoms with Crippen molar-refractivity contribution in [1.82, 2.24) is 19.5 Å². The Bertz CT molecular complexity index is 1000. The molecule has 4 rings (SSSR count). The molecule has 2 saturated heterocycles. The average molecular weight is 449 g/mol. The number of nitrogens with one attached hydrogen (secondary N) is 2. The zero-order valence-electron chi connectivity index (χ0n) is 18.0. The van der Waals surface area contributed by atoms with Gasteiger partial charge in [0.25, 0.3) is 5.91 Å². The van der Waals surface area contributed by atoms with Gasteiger partial charge in [-0.3, -0.25) is 9.69 Å². The van der Waals surface area contributed by atoms with Gasteiger partial charge in [0, 0.05) is 68.8 Å². The molecule has 2 fully saturated rings. The number of aromatic amines is 1. The number of rotatable bonds is 7. The van der Waals surface area contributed by atoms with Crippen molar-refractivity contribution in [2.45, 2.75) is 37.8 Å². The molecule has 2 aliphatic rings. The highest BCUT2D eigenvalue weighted by atomic mass is 32.2. The molecule has 2 aliphatic heterocycles. The van der Waals surface area contributed by atoms with Gasteiger partial charge in [-0.15, -0.1) is 0 Å². The summed E-state index contributed by atoms with van der Waals surface area (Å²) in [6.07, 6.45) is 6.86. The van der Waals surface area contributed by atoms with Crippen molar-refractivity contribution in [3.8, 4) is 0 Å². The molecule has 9 heteroatoms. The molecule has 1 aromatic heterocycles. The summed E-state index contributed by atoms with van der Waals surface area (Å²) in [5.74, 6) is -0.0927. The first kappa shape index (κ1) is 22.3. The Morgan fingerprint density at radius 1 is 1.23 bits per heavy atom. The molecule has 0 aliphatic carbocycles. The number of H-pyrrole nitrogens is 1. The van der Waals surface area contributed by atoms with E-state index in [1.807, 2.05) is 30.5 Å². The highest BCUT2D eigenvalue weighted by molar-refractivity contribution is 7.88. The predicted octanol–water partition coefficient (Wildman–Crippen LogP) is 1.80. The van der Waals surface area contributed by atoms with E-state index in [0.717, 1.165) is 49.8 Å².